The predicted octanol–water partition coefficient (Wildman–Crippen LogP) is 1.47. The molecule has 0 saturated carbocycles. The molecule has 1 aromatic carbocycles. The molecule has 0 saturated heterocycles. The number of carbonyl (C=O) groups excluding carboxylic acids is 2. The van der Waals surface area contributed by atoms with Crippen LogP contribution in [-0.2, 0) is 4.79 Å². The second kappa shape index (κ2) is 7.14. The molecule has 25 heavy (non-hydrogen) atoms. The second-order valence-electron chi connectivity index (χ2n) is 5.03. The van der Waals surface area contributed by atoms with E-state index in [1.54, 1.807) is 47.0 Å². The van der Waals surface area contributed by atoms with Crippen molar-refractivity contribution in [2.45, 2.75) is 0 Å². The first-order chi connectivity index (χ1) is 12.2. The van der Waals surface area contributed by atoms with Crippen molar-refractivity contribution in [3.63, 3.8) is 0 Å². The van der Waals surface area contributed by atoms with Gasteiger partial charge >= 0.3 is 6.03 Å². The molecule has 0 spiro atoms. The number of nitrogens with zero attached hydrogens (tertiary/aromatic N) is 3. The average molecular weight is 334 g/mol. The topological polar surface area (TPSA) is 100 Å². The van der Waals surface area contributed by atoms with Crippen molar-refractivity contribution in [3.8, 4) is 12.3 Å². The number of urea groups is 1. The highest BCUT2D eigenvalue weighted by molar-refractivity contribution is 5.96. The van der Waals surface area contributed by atoms with Crippen LogP contribution in [0.5, 0.6) is 0 Å². The average Bonchev–Trinajstić information content (AvgIpc) is 3.03. The molecule has 0 unspecified atom stereocenters. The Balaban J connectivity index is 1.53. The van der Waals surface area contributed by atoms with E-state index >= 15 is 0 Å². The van der Waals surface area contributed by atoms with E-state index in [4.69, 9.17) is 6.42 Å². The molecular formula is C17H14N6O2. The molecule has 3 aromatic rings. The van der Waals surface area contributed by atoms with Crippen LogP contribution in [0.15, 0.2) is 48.7 Å². The minimum Gasteiger partial charge on any atom is -0.329 e. The lowest BCUT2D eigenvalue weighted by molar-refractivity contribution is -0.115. The van der Waals surface area contributed by atoms with Gasteiger partial charge in [0.25, 0.3) is 0 Å². The van der Waals surface area contributed by atoms with Crippen LogP contribution in [-0.4, -0.2) is 33.1 Å². The van der Waals surface area contributed by atoms with E-state index in [0.717, 1.165) is 0 Å². The van der Waals surface area contributed by atoms with Crippen LogP contribution in [0.3, 0.4) is 0 Å². The Kier molecular flexibility index (Phi) is 4.58. The maximum absolute atomic E-state index is 11.9. The first kappa shape index (κ1) is 16.0. The maximum Gasteiger partial charge on any atom is 0.322 e. The molecule has 0 fully saturated rings. The third-order valence-electron chi connectivity index (χ3n) is 3.26. The highest BCUT2D eigenvalue weighted by Gasteiger charge is 2.10. The zero-order valence-electron chi connectivity index (χ0n) is 13.1. The molecule has 8 heteroatoms. The van der Waals surface area contributed by atoms with Crippen molar-refractivity contribution in [1.82, 2.24) is 19.9 Å². The molecule has 0 aliphatic carbocycles. The number of hydrogen-bond donors (Lipinski definition) is 3. The number of benzene rings is 1. The third kappa shape index (κ3) is 3.92. The van der Waals surface area contributed by atoms with Gasteiger partial charge in [-0.05, 0) is 30.3 Å². The minimum atomic E-state index is -0.564. The molecule has 3 amide bonds. The summed E-state index contributed by atoms with van der Waals surface area (Å²) in [5.41, 5.74) is 1.82. The highest BCUT2D eigenvalue weighted by Crippen LogP contribution is 2.09. The molecule has 3 rings (SSSR count). The third-order valence-corrected chi connectivity index (χ3v) is 3.26. The number of amides is 3. The Morgan fingerprint density at radius 1 is 1.12 bits per heavy atom. The van der Waals surface area contributed by atoms with Crippen molar-refractivity contribution in [3.05, 3.63) is 54.2 Å². The quantitative estimate of drug-likeness (QED) is 0.629. The Bertz CT molecular complexity index is 972. The van der Waals surface area contributed by atoms with Crippen LogP contribution in [0.1, 0.15) is 5.56 Å². The highest BCUT2D eigenvalue weighted by atomic mass is 16.2. The largest absolute Gasteiger partial charge is 0.329 e. The van der Waals surface area contributed by atoms with Gasteiger partial charge in [-0.25, -0.2) is 4.79 Å². The molecule has 2 aromatic heterocycles. The maximum atomic E-state index is 11.9. The van der Waals surface area contributed by atoms with E-state index in [1.165, 1.54) is 0 Å². The predicted molar refractivity (Wildman–Crippen MR) is 93.0 cm³/mol. The number of rotatable bonds is 4. The number of hydrogen-bond acceptors (Lipinski definition) is 4. The first-order valence-corrected chi connectivity index (χ1v) is 7.37. The first-order valence-electron chi connectivity index (χ1n) is 7.37. The van der Waals surface area contributed by atoms with Crippen LogP contribution < -0.4 is 16.0 Å². The summed E-state index contributed by atoms with van der Waals surface area (Å²) < 4.78 is 1.62. The summed E-state index contributed by atoms with van der Waals surface area (Å²) in [6.07, 6.45) is 7.03. The molecular weight excluding hydrogens is 320 g/mol. The molecule has 0 atom stereocenters. The van der Waals surface area contributed by atoms with Gasteiger partial charge in [0.2, 0.25) is 11.9 Å². The van der Waals surface area contributed by atoms with Crippen molar-refractivity contribution in [2.24, 2.45) is 0 Å². The molecule has 0 aliphatic rings. The molecule has 124 valence electrons. The fourth-order valence-electron chi connectivity index (χ4n) is 2.12. The van der Waals surface area contributed by atoms with Crippen LogP contribution in [0.2, 0.25) is 0 Å². The summed E-state index contributed by atoms with van der Waals surface area (Å²) in [7, 11) is 0. The van der Waals surface area contributed by atoms with E-state index in [1.807, 2.05) is 6.07 Å². The zero-order chi connectivity index (χ0) is 17.6. The molecule has 0 radical (unpaired) electrons. The van der Waals surface area contributed by atoms with Gasteiger partial charge in [-0.1, -0.05) is 18.1 Å². The number of carbonyl (C=O) groups is 2. The van der Waals surface area contributed by atoms with Crippen LogP contribution in [0, 0.1) is 12.3 Å². The van der Waals surface area contributed by atoms with Gasteiger partial charge in [0.1, 0.15) is 0 Å². The number of fused-ring (bicyclic) bond motifs is 1. The van der Waals surface area contributed by atoms with Crippen molar-refractivity contribution >= 4 is 29.2 Å². The fraction of sp³-hybridized carbons (Fsp3) is 0.0588. The lowest BCUT2D eigenvalue weighted by atomic mass is 10.2. The molecule has 3 N–H and O–H groups in total. The van der Waals surface area contributed by atoms with E-state index in [-0.39, 0.29) is 18.4 Å². The van der Waals surface area contributed by atoms with Gasteiger partial charge in [-0.15, -0.1) is 16.6 Å². The van der Waals surface area contributed by atoms with Gasteiger partial charge in [0, 0.05) is 17.4 Å². The monoisotopic (exact) mass is 334 g/mol. The standard InChI is InChI=1S/C17H14N6O2/c1-2-12-6-5-7-13(10-12)19-15(24)11-18-17(25)20-16-22-21-14-8-3-4-9-23(14)16/h1,3-10H,11H2,(H,19,24)(H2,18,20,22,25). The molecule has 0 aliphatic heterocycles. The van der Waals surface area contributed by atoms with Crippen LogP contribution >= 0.6 is 0 Å². The van der Waals surface area contributed by atoms with Gasteiger partial charge in [-0.2, -0.15) is 0 Å². The number of anilines is 2. The van der Waals surface area contributed by atoms with E-state index < -0.39 is 6.03 Å². The van der Waals surface area contributed by atoms with Crippen molar-refractivity contribution in [1.29, 1.82) is 0 Å². The number of nitrogens with one attached hydrogen (secondary N) is 3. The van der Waals surface area contributed by atoms with Gasteiger partial charge in [0.15, 0.2) is 5.65 Å². The van der Waals surface area contributed by atoms with Crippen LogP contribution in [0.25, 0.3) is 5.65 Å². The zero-order valence-corrected chi connectivity index (χ0v) is 13.1. The second-order valence-corrected chi connectivity index (χ2v) is 5.03. The number of aromatic nitrogens is 3. The van der Waals surface area contributed by atoms with E-state index in [0.29, 0.717) is 16.9 Å². The minimum absolute atomic E-state index is 0.206. The van der Waals surface area contributed by atoms with Gasteiger partial charge in [-0.3, -0.25) is 14.5 Å². The number of terminal acetylenes is 1. The summed E-state index contributed by atoms with van der Waals surface area (Å²) >= 11 is 0. The number of pyridine rings is 1. The van der Waals surface area contributed by atoms with Crippen LogP contribution in [0.4, 0.5) is 16.4 Å². The van der Waals surface area contributed by atoms with Gasteiger partial charge in [0.05, 0.1) is 6.54 Å². The fourth-order valence-corrected chi connectivity index (χ4v) is 2.12. The van der Waals surface area contributed by atoms with Crippen molar-refractivity contribution in [2.75, 3.05) is 17.2 Å². The summed E-state index contributed by atoms with van der Waals surface area (Å²) in [6, 6.07) is 11.7. The summed E-state index contributed by atoms with van der Waals surface area (Å²) in [6.45, 7) is -0.206. The van der Waals surface area contributed by atoms with Crippen molar-refractivity contribution < 1.29 is 9.59 Å². The Morgan fingerprint density at radius 3 is 2.84 bits per heavy atom. The molecule has 2 heterocycles. The molecule has 0 bridgehead atoms. The SMILES string of the molecule is C#Cc1cccc(NC(=O)CNC(=O)Nc2nnc3ccccn23)c1. The normalized spacial score (nSPS) is 10.0. The summed E-state index contributed by atoms with van der Waals surface area (Å²) in [4.78, 5) is 23.8. The molecule has 8 nitrogen and oxygen atoms in total. The van der Waals surface area contributed by atoms with E-state index in [2.05, 4.69) is 32.1 Å². The Morgan fingerprint density at radius 2 is 2.00 bits per heavy atom. The summed E-state index contributed by atoms with van der Waals surface area (Å²) in [5.74, 6) is 2.36. The smallest absolute Gasteiger partial charge is 0.322 e. The lowest BCUT2D eigenvalue weighted by Crippen LogP contribution is -2.36. The summed E-state index contributed by atoms with van der Waals surface area (Å²) in [5, 5.41) is 15.4. The van der Waals surface area contributed by atoms with Gasteiger partial charge < -0.3 is 10.6 Å². The Labute approximate surface area is 143 Å². The van der Waals surface area contributed by atoms with E-state index in [9.17, 15) is 9.59 Å². The lowest BCUT2D eigenvalue weighted by Gasteiger charge is -2.08. The Hall–Kier alpha value is -3.86.